The maximum absolute atomic E-state index is 12.3. The molecule has 0 aliphatic heterocycles. The number of halogens is 4. The third-order valence-corrected chi connectivity index (χ3v) is 2.24. The maximum atomic E-state index is 12.3. The maximum Gasteiger partial charge on any atom is 0.419 e. The first-order valence-corrected chi connectivity index (χ1v) is 5.06. The summed E-state index contributed by atoms with van der Waals surface area (Å²) in [6, 6.07) is 1.76. The highest BCUT2D eigenvalue weighted by atomic mass is 79.9. The molecule has 0 N–H and O–H groups in total. The Morgan fingerprint density at radius 2 is 2.12 bits per heavy atom. The van der Waals surface area contributed by atoms with Crippen LogP contribution in [0.25, 0.3) is 0 Å². The Morgan fingerprint density at radius 3 is 2.56 bits per heavy atom. The molecule has 0 aliphatic carbocycles. The van der Waals surface area contributed by atoms with E-state index in [0.717, 1.165) is 12.1 Å². The molecule has 1 aromatic heterocycles. The summed E-state index contributed by atoms with van der Waals surface area (Å²) in [5, 5.41) is 0. The van der Waals surface area contributed by atoms with Crippen LogP contribution in [0.3, 0.4) is 0 Å². The van der Waals surface area contributed by atoms with E-state index in [1.54, 1.807) is 6.92 Å². The second-order valence-corrected chi connectivity index (χ2v) is 3.50. The summed E-state index contributed by atoms with van der Waals surface area (Å²) in [5.74, 6) is -0.753. The first kappa shape index (κ1) is 13.0. The number of carbonyl (C=O) groups is 1. The van der Waals surface area contributed by atoms with Gasteiger partial charge in [0.2, 0.25) is 0 Å². The van der Waals surface area contributed by atoms with Crippen LogP contribution in [0.1, 0.15) is 23.0 Å². The van der Waals surface area contributed by atoms with Gasteiger partial charge in [0.05, 0.1) is 12.2 Å². The first-order valence-electron chi connectivity index (χ1n) is 4.27. The quantitative estimate of drug-likeness (QED) is 0.622. The van der Waals surface area contributed by atoms with Gasteiger partial charge in [-0.15, -0.1) is 0 Å². The lowest BCUT2D eigenvalue weighted by molar-refractivity contribution is -0.138. The largest absolute Gasteiger partial charge is 0.461 e. The molecule has 1 rings (SSSR count). The van der Waals surface area contributed by atoms with Gasteiger partial charge in [-0.2, -0.15) is 13.2 Å². The fourth-order valence-corrected chi connectivity index (χ4v) is 1.51. The molecule has 7 heteroatoms. The number of hydrogen-bond acceptors (Lipinski definition) is 3. The number of rotatable bonds is 2. The van der Waals surface area contributed by atoms with E-state index in [0.29, 0.717) is 0 Å². The summed E-state index contributed by atoms with van der Waals surface area (Å²) in [6.45, 7) is 1.73. The molecule has 0 aliphatic rings. The van der Waals surface area contributed by atoms with Gasteiger partial charge < -0.3 is 4.74 Å². The fourth-order valence-electron chi connectivity index (χ4n) is 0.964. The molecule has 0 atom stereocenters. The smallest absolute Gasteiger partial charge is 0.419 e. The Hall–Kier alpha value is -1.11. The van der Waals surface area contributed by atoms with Crippen LogP contribution in [-0.2, 0) is 10.9 Å². The third-order valence-electron chi connectivity index (χ3n) is 1.64. The van der Waals surface area contributed by atoms with Crippen molar-refractivity contribution in [3.05, 3.63) is 28.0 Å². The molecular weight excluding hydrogens is 291 g/mol. The number of hydrogen-bond donors (Lipinski definition) is 0. The van der Waals surface area contributed by atoms with Crippen molar-refractivity contribution in [3.63, 3.8) is 0 Å². The van der Waals surface area contributed by atoms with E-state index < -0.39 is 22.3 Å². The summed E-state index contributed by atoms with van der Waals surface area (Å²) in [7, 11) is 0. The SMILES string of the molecule is CCOC(=O)c1ccc(C(F)(F)F)c(Br)n1. The Kier molecular flexibility index (Phi) is 3.90. The van der Waals surface area contributed by atoms with Crippen molar-refractivity contribution in [1.82, 2.24) is 4.98 Å². The zero-order valence-corrected chi connectivity index (χ0v) is 9.72. The lowest BCUT2D eigenvalue weighted by atomic mass is 10.2. The van der Waals surface area contributed by atoms with Gasteiger partial charge in [0.15, 0.2) is 0 Å². The number of ether oxygens (including phenoxy) is 1. The fraction of sp³-hybridized carbons (Fsp3) is 0.333. The number of esters is 1. The zero-order valence-electron chi connectivity index (χ0n) is 8.14. The van der Waals surface area contributed by atoms with Crippen molar-refractivity contribution >= 4 is 21.9 Å². The van der Waals surface area contributed by atoms with Gasteiger partial charge in [-0.05, 0) is 35.0 Å². The van der Waals surface area contributed by atoms with Crippen molar-refractivity contribution in [3.8, 4) is 0 Å². The van der Waals surface area contributed by atoms with Gasteiger partial charge in [0.25, 0.3) is 0 Å². The monoisotopic (exact) mass is 297 g/mol. The highest BCUT2D eigenvalue weighted by Crippen LogP contribution is 2.33. The lowest BCUT2D eigenvalue weighted by Crippen LogP contribution is -2.11. The normalized spacial score (nSPS) is 11.3. The van der Waals surface area contributed by atoms with E-state index in [1.165, 1.54) is 0 Å². The minimum atomic E-state index is -4.50. The average molecular weight is 298 g/mol. The molecule has 0 fully saturated rings. The van der Waals surface area contributed by atoms with Gasteiger partial charge in [-0.1, -0.05) is 0 Å². The van der Waals surface area contributed by atoms with Crippen LogP contribution in [0.15, 0.2) is 16.7 Å². The van der Waals surface area contributed by atoms with Gasteiger partial charge in [-0.25, -0.2) is 9.78 Å². The molecule has 0 spiro atoms. The number of alkyl halides is 3. The molecule has 0 saturated heterocycles. The van der Waals surface area contributed by atoms with Crippen LogP contribution in [0, 0.1) is 0 Å². The van der Waals surface area contributed by atoms with Crippen molar-refractivity contribution in [1.29, 1.82) is 0 Å². The molecule has 0 amide bonds. The Balaban J connectivity index is 3.05. The lowest BCUT2D eigenvalue weighted by Gasteiger charge is -2.09. The van der Waals surface area contributed by atoms with E-state index in [1.807, 2.05) is 0 Å². The summed E-state index contributed by atoms with van der Waals surface area (Å²) >= 11 is 2.66. The van der Waals surface area contributed by atoms with Crippen LogP contribution < -0.4 is 0 Å². The standard InChI is InChI=1S/C9H7BrF3NO2/c1-2-16-8(15)6-4-3-5(7(10)14-6)9(11,12)13/h3-4H,2H2,1H3. The van der Waals surface area contributed by atoms with E-state index in [-0.39, 0.29) is 12.3 Å². The van der Waals surface area contributed by atoms with Gasteiger partial charge in [0, 0.05) is 0 Å². The number of aromatic nitrogens is 1. The molecule has 1 aromatic rings. The molecule has 0 aromatic carbocycles. The minimum absolute atomic E-state index is 0.138. The van der Waals surface area contributed by atoms with Crippen LogP contribution in [-0.4, -0.2) is 17.6 Å². The summed E-state index contributed by atoms with van der Waals surface area (Å²) in [5.41, 5.74) is -1.10. The van der Waals surface area contributed by atoms with Crippen molar-refractivity contribution < 1.29 is 22.7 Å². The highest BCUT2D eigenvalue weighted by Gasteiger charge is 2.34. The van der Waals surface area contributed by atoms with E-state index >= 15 is 0 Å². The van der Waals surface area contributed by atoms with Crippen LogP contribution >= 0.6 is 15.9 Å². The molecule has 3 nitrogen and oxygen atoms in total. The summed E-state index contributed by atoms with van der Waals surface area (Å²) in [4.78, 5) is 14.7. The second-order valence-electron chi connectivity index (χ2n) is 2.75. The topological polar surface area (TPSA) is 39.2 Å². The minimum Gasteiger partial charge on any atom is -0.461 e. The molecule has 0 radical (unpaired) electrons. The van der Waals surface area contributed by atoms with Gasteiger partial charge in [0.1, 0.15) is 10.3 Å². The Bertz CT molecular complexity index is 406. The predicted molar refractivity (Wildman–Crippen MR) is 52.9 cm³/mol. The van der Waals surface area contributed by atoms with E-state index in [9.17, 15) is 18.0 Å². The zero-order chi connectivity index (χ0) is 12.3. The van der Waals surface area contributed by atoms with Crippen LogP contribution in [0.5, 0.6) is 0 Å². The van der Waals surface area contributed by atoms with Crippen molar-refractivity contribution in [2.75, 3.05) is 6.61 Å². The Morgan fingerprint density at radius 1 is 1.50 bits per heavy atom. The molecule has 0 saturated carbocycles. The van der Waals surface area contributed by atoms with Crippen LogP contribution in [0.2, 0.25) is 0 Å². The molecule has 0 unspecified atom stereocenters. The van der Waals surface area contributed by atoms with Gasteiger partial charge >= 0.3 is 12.1 Å². The summed E-state index contributed by atoms with van der Waals surface area (Å²) in [6.07, 6.45) is -4.50. The van der Waals surface area contributed by atoms with Crippen molar-refractivity contribution in [2.45, 2.75) is 13.1 Å². The third kappa shape index (κ3) is 2.94. The van der Waals surface area contributed by atoms with Crippen molar-refractivity contribution in [2.24, 2.45) is 0 Å². The first-order chi connectivity index (χ1) is 7.36. The second kappa shape index (κ2) is 4.82. The summed E-state index contributed by atoms with van der Waals surface area (Å²) < 4.78 is 41.2. The number of carbonyl (C=O) groups excluding carboxylic acids is 1. The van der Waals surface area contributed by atoms with E-state index in [2.05, 4.69) is 25.7 Å². The van der Waals surface area contributed by atoms with E-state index in [4.69, 9.17) is 0 Å². The number of pyridine rings is 1. The van der Waals surface area contributed by atoms with Crippen LogP contribution in [0.4, 0.5) is 13.2 Å². The van der Waals surface area contributed by atoms with Gasteiger partial charge in [-0.3, -0.25) is 0 Å². The highest BCUT2D eigenvalue weighted by molar-refractivity contribution is 9.10. The molecule has 16 heavy (non-hydrogen) atoms. The molecular formula is C9H7BrF3NO2. The molecule has 88 valence electrons. The number of nitrogens with zero attached hydrogens (tertiary/aromatic N) is 1. The Labute approximate surface area is 97.8 Å². The molecule has 0 bridgehead atoms. The predicted octanol–water partition coefficient (Wildman–Crippen LogP) is 3.04. The average Bonchev–Trinajstić information content (AvgIpc) is 2.16. The molecule has 1 heterocycles.